The first-order valence-corrected chi connectivity index (χ1v) is 6.40. The van der Waals surface area contributed by atoms with E-state index < -0.39 is 12.1 Å². The number of urea groups is 1. The number of hydrazone groups is 1. The molecule has 0 spiro atoms. The van der Waals surface area contributed by atoms with Gasteiger partial charge in [0.2, 0.25) is 0 Å². The summed E-state index contributed by atoms with van der Waals surface area (Å²) in [6, 6.07) is 9.04. The van der Waals surface area contributed by atoms with E-state index in [-0.39, 0.29) is 11.9 Å². The van der Waals surface area contributed by atoms with Crippen LogP contribution in [0.3, 0.4) is 0 Å². The van der Waals surface area contributed by atoms with Crippen LogP contribution >= 0.6 is 0 Å². The summed E-state index contributed by atoms with van der Waals surface area (Å²) in [7, 11) is 0. The molecule has 20 heavy (non-hydrogen) atoms. The standard InChI is InChI=1S/C14H17N3O3/c1-9(16-17-14(15)19)12-8-11(13(18)20-12)7-10-5-3-2-4-6-10/h2-6,11-12H,7-8H2,1H3,(H3,15,17,19)/b16-9-/t11-,12-/m0/s1. The average molecular weight is 275 g/mol. The van der Waals surface area contributed by atoms with Crippen molar-refractivity contribution in [1.82, 2.24) is 5.43 Å². The number of rotatable bonds is 4. The maximum Gasteiger partial charge on any atom is 0.332 e. The first-order chi connectivity index (χ1) is 9.56. The van der Waals surface area contributed by atoms with Crippen LogP contribution in [0.4, 0.5) is 4.79 Å². The molecule has 0 saturated carbocycles. The molecule has 0 unspecified atom stereocenters. The SMILES string of the molecule is C/C(=N/NC(N)=O)[C@@H]1C[C@H](Cc2ccccc2)C(=O)O1. The Bertz CT molecular complexity index is 528. The van der Waals surface area contributed by atoms with Gasteiger partial charge in [-0.25, -0.2) is 10.2 Å². The summed E-state index contributed by atoms with van der Waals surface area (Å²) < 4.78 is 5.28. The monoisotopic (exact) mass is 275 g/mol. The molecule has 1 aliphatic rings. The van der Waals surface area contributed by atoms with Crippen LogP contribution in [0.15, 0.2) is 35.4 Å². The Kier molecular flexibility index (Phi) is 4.34. The molecule has 0 aromatic heterocycles. The van der Waals surface area contributed by atoms with Gasteiger partial charge >= 0.3 is 12.0 Å². The smallest absolute Gasteiger partial charge is 0.332 e. The average Bonchev–Trinajstić information content (AvgIpc) is 2.79. The second-order valence-electron chi connectivity index (χ2n) is 4.78. The summed E-state index contributed by atoms with van der Waals surface area (Å²) in [5.41, 5.74) is 8.70. The van der Waals surface area contributed by atoms with E-state index in [0.29, 0.717) is 18.6 Å². The summed E-state index contributed by atoms with van der Waals surface area (Å²) in [4.78, 5) is 22.4. The molecule has 106 valence electrons. The Labute approximate surface area is 117 Å². The number of hydrogen-bond acceptors (Lipinski definition) is 4. The van der Waals surface area contributed by atoms with Crippen LogP contribution in [0.2, 0.25) is 0 Å². The molecule has 0 bridgehead atoms. The number of carbonyl (C=O) groups excluding carboxylic acids is 2. The predicted octanol–water partition coefficient (Wildman–Crippen LogP) is 1.20. The van der Waals surface area contributed by atoms with E-state index in [2.05, 4.69) is 10.5 Å². The number of hydrogen-bond donors (Lipinski definition) is 2. The largest absolute Gasteiger partial charge is 0.456 e. The first kappa shape index (κ1) is 14.0. The molecule has 0 radical (unpaired) electrons. The van der Waals surface area contributed by atoms with Crippen LogP contribution in [0.5, 0.6) is 0 Å². The van der Waals surface area contributed by atoms with Crippen molar-refractivity contribution in [3.8, 4) is 0 Å². The van der Waals surface area contributed by atoms with E-state index in [9.17, 15) is 9.59 Å². The van der Waals surface area contributed by atoms with Crippen molar-refractivity contribution in [1.29, 1.82) is 0 Å². The number of primary amides is 1. The van der Waals surface area contributed by atoms with Gasteiger partial charge in [0.05, 0.1) is 11.6 Å². The van der Waals surface area contributed by atoms with Crippen molar-refractivity contribution < 1.29 is 14.3 Å². The van der Waals surface area contributed by atoms with Crippen LogP contribution in [-0.2, 0) is 16.0 Å². The molecular weight excluding hydrogens is 258 g/mol. The van der Waals surface area contributed by atoms with E-state index in [1.165, 1.54) is 0 Å². The normalized spacial score (nSPS) is 22.4. The zero-order valence-electron chi connectivity index (χ0n) is 11.2. The topological polar surface area (TPSA) is 93.8 Å². The molecule has 2 rings (SSSR count). The fraction of sp³-hybridized carbons (Fsp3) is 0.357. The van der Waals surface area contributed by atoms with E-state index in [1.807, 2.05) is 30.3 Å². The molecule has 1 aromatic carbocycles. The molecular formula is C14H17N3O3. The lowest BCUT2D eigenvalue weighted by atomic mass is 9.95. The molecule has 0 aliphatic carbocycles. The van der Waals surface area contributed by atoms with Crippen LogP contribution in [0.25, 0.3) is 0 Å². The Morgan fingerprint density at radius 1 is 1.45 bits per heavy atom. The zero-order valence-corrected chi connectivity index (χ0v) is 11.2. The van der Waals surface area contributed by atoms with E-state index in [0.717, 1.165) is 5.56 Å². The van der Waals surface area contributed by atoms with Gasteiger partial charge in [-0.1, -0.05) is 30.3 Å². The van der Waals surface area contributed by atoms with E-state index in [1.54, 1.807) is 6.92 Å². The fourth-order valence-corrected chi connectivity index (χ4v) is 2.18. The summed E-state index contributed by atoms with van der Waals surface area (Å²) in [5.74, 6) is -0.409. The van der Waals surface area contributed by atoms with E-state index in [4.69, 9.17) is 10.5 Å². The van der Waals surface area contributed by atoms with Gasteiger partial charge in [-0.2, -0.15) is 5.10 Å². The molecule has 3 N–H and O–H groups in total. The van der Waals surface area contributed by atoms with Gasteiger partial charge < -0.3 is 10.5 Å². The molecule has 1 aromatic rings. The molecule has 1 heterocycles. The minimum Gasteiger partial charge on any atom is -0.456 e. The number of cyclic esters (lactones) is 1. The Hall–Kier alpha value is -2.37. The third-order valence-corrected chi connectivity index (χ3v) is 3.22. The van der Waals surface area contributed by atoms with Crippen LogP contribution in [0.1, 0.15) is 18.9 Å². The molecule has 6 nitrogen and oxygen atoms in total. The van der Waals surface area contributed by atoms with Crippen molar-refractivity contribution in [3.63, 3.8) is 0 Å². The zero-order chi connectivity index (χ0) is 14.5. The first-order valence-electron chi connectivity index (χ1n) is 6.40. The third kappa shape index (κ3) is 3.57. The minimum absolute atomic E-state index is 0.180. The molecule has 2 atom stereocenters. The fourth-order valence-electron chi connectivity index (χ4n) is 2.18. The van der Waals surface area contributed by atoms with Crippen molar-refractivity contribution >= 4 is 17.7 Å². The third-order valence-electron chi connectivity index (χ3n) is 3.22. The quantitative estimate of drug-likeness (QED) is 0.491. The highest BCUT2D eigenvalue weighted by molar-refractivity contribution is 5.92. The van der Waals surface area contributed by atoms with Crippen molar-refractivity contribution in [3.05, 3.63) is 35.9 Å². The van der Waals surface area contributed by atoms with Crippen molar-refractivity contribution in [2.75, 3.05) is 0 Å². The Morgan fingerprint density at radius 3 is 2.80 bits per heavy atom. The number of ether oxygens (including phenoxy) is 1. The number of esters is 1. The van der Waals surface area contributed by atoms with Gasteiger partial charge in [0.1, 0.15) is 6.10 Å². The van der Waals surface area contributed by atoms with Crippen LogP contribution in [0, 0.1) is 5.92 Å². The molecule has 1 saturated heterocycles. The van der Waals surface area contributed by atoms with Crippen LogP contribution in [-0.4, -0.2) is 23.8 Å². The minimum atomic E-state index is -0.741. The molecule has 1 aliphatic heterocycles. The maximum absolute atomic E-state index is 11.8. The Morgan fingerprint density at radius 2 is 2.15 bits per heavy atom. The Balaban J connectivity index is 1.97. The lowest BCUT2D eigenvalue weighted by Gasteiger charge is -2.07. The molecule has 6 heteroatoms. The van der Waals surface area contributed by atoms with E-state index >= 15 is 0 Å². The summed E-state index contributed by atoms with van der Waals surface area (Å²) in [6.45, 7) is 1.69. The summed E-state index contributed by atoms with van der Waals surface area (Å²) >= 11 is 0. The molecule has 2 amide bonds. The maximum atomic E-state index is 11.8. The van der Waals surface area contributed by atoms with Gasteiger partial charge in [0.25, 0.3) is 0 Å². The number of nitrogens with zero attached hydrogens (tertiary/aromatic N) is 1. The number of amides is 2. The van der Waals surface area contributed by atoms with Crippen LogP contribution < -0.4 is 11.2 Å². The highest BCUT2D eigenvalue weighted by Crippen LogP contribution is 2.25. The highest BCUT2D eigenvalue weighted by atomic mass is 16.6. The van der Waals surface area contributed by atoms with Gasteiger partial charge in [-0.05, 0) is 18.9 Å². The molecule has 1 fully saturated rings. The summed E-state index contributed by atoms with van der Waals surface area (Å²) in [6.07, 6.45) is 0.805. The predicted molar refractivity (Wildman–Crippen MR) is 74.0 cm³/mol. The summed E-state index contributed by atoms with van der Waals surface area (Å²) in [5, 5.41) is 3.80. The lowest BCUT2D eigenvalue weighted by Crippen LogP contribution is -2.28. The number of nitrogens with one attached hydrogen (secondary N) is 1. The lowest BCUT2D eigenvalue weighted by molar-refractivity contribution is -0.142. The number of carbonyl (C=O) groups is 2. The van der Waals surface area contributed by atoms with Gasteiger partial charge in [-0.15, -0.1) is 0 Å². The van der Waals surface area contributed by atoms with Gasteiger partial charge in [0.15, 0.2) is 0 Å². The second-order valence-corrected chi connectivity index (χ2v) is 4.78. The van der Waals surface area contributed by atoms with Gasteiger partial charge in [0, 0.05) is 6.42 Å². The second kappa shape index (κ2) is 6.18. The van der Waals surface area contributed by atoms with Crippen molar-refractivity contribution in [2.24, 2.45) is 16.8 Å². The number of benzene rings is 1. The van der Waals surface area contributed by atoms with Gasteiger partial charge in [-0.3, -0.25) is 4.79 Å². The highest BCUT2D eigenvalue weighted by Gasteiger charge is 2.35. The number of nitrogens with two attached hydrogens (primary N) is 1. The van der Waals surface area contributed by atoms with Crippen molar-refractivity contribution in [2.45, 2.75) is 25.9 Å².